The topological polar surface area (TPSA) is 37.8 Å². The summed E-state index contributed by atoms with van der Waals surface area (Å²) < 4.78 is 2.68. The first-order valence-corrected chi connectivity index (χ1v) is 6.73. The summed E-state index contributed by atoms with van der Waals surface area (Å²) in [6.45, 7) is 0. The Kier molecular flexibility index (Phi) is 3.94. The second kappa shape index (κ2) is 5.25. The summed E-state index contributed by atoms with van der Waals surface area (Å²) in [6, 6.07) is 7.69. The number of rotatable bonds is 2. The van der Waals surface area contributed by atoms with Gasteiger partial charge in [0, 0.05) is 15.0 Å². The van der Waals surface area contributed by atoms with Crippen molar-refractivity contribution >= 4 is 59.3 Å². The van der Waals surface area contributed by atoms with Crippen molar-refractivity contribution in [3.8, 4) is 0 Å². The lowest BCUT2D eigenvalue weighted by molar-refractivity contribution is 1.14. The van der Waals surface area contributed by atoms with E-state index in [0.717, 1.165) is 25.1 Å². The Morgan fingerprint density at radius 2 is 1.69 bits per heavy atom. The van der Waals surface area contributed by atoms with Gasteiger partial charge in [0.2, 0.25) is 0 Å². The lowest BCUT2D eigenvalue weighted by Gasteiger charge is -2.09. The van der Waals surface area contributed by atoms with Gasteiger partial charge in [-0.25, -0.2) is 9.97 Å². The van der Waals surface area contributed by atoms with E-state index in [1.165, 1.54) is 6.33 Å². The Hall–Kier alpha value is -0.460. The Morgan fingerprint density at radius 1 is 1.00 bits per heavy atom. The first kappa shape index (κ1) is 12.0. The number of anilines is 2. The number of para-hydroxylation sites is 1. The van der Waals surface area contributed by atoms with Crippen molar-refractivity contribution in [1.29, 1.82) is 0 Å². The summed E-state index contributed by atoms with van der Waals surface area (Å²) in [5, 5.41) is 3.21. The molecule has 1 aromatic heterocycles. The molecule has 0 bridgehead atoms. The predicted octanol–water partition coefficient (Wildman–Crippen LogP) is 4.51. The van der Waals surface area contributed by atoms with Crippen molar-refractivity contribution in [2.75, 3.05) is 5.32 Å². The van der Waals surface area contributed by atoms with E-state index in [2.05, 4.69) is 63.1 Å². The van der Waals surface area contributed by atoms with Crippen molar-refractivity contribution in [1.82, 2.24) is 9.97 Å². The van der Waals surface area contributed by atoms with Crippen LogP contribution < -0.4 is 5.32 Å². The molecule has 6 heteroatoms. The Labute approximate surface area is 118 Å². The minimum absolute atomic E-state index is 0.731. The fourth-order valence-electron chi connectivity index (χ4n) is 1.15. The van der Waals surface area contributed by atoms with Gasteiger partial charge in [0.05, 0.1) is 5.69 Å². The minimum atomic E-state index is 0.731. The molecule has 0 spiro atoms. The number of nitrogens with zero attached hydrogens (tertiary/aromatic N) is 2. The van der Waals surface area contributed by atoms with E-state index in [4.69, 9.17) is 0 Å². The highest BCUT2D eigenvalue weighted by atomic mass is 79.9. The SMILES string of the molecule is Brc1cc(Nc2c(Br)cccc2Br)ncn1. The van der Waals surface area contributed by atoms with Gasteiger partial charge in [-0.15, -0.1) is 0 Å². The van der Waals surface area contributed by atoms with E-state index in [1.807, 2.05) is 24.3 Å². The van der Waals surface area contributed by atoms with Crippen LogP contribution in [0, 0.1) is 0 Å². The third-order valence-corrected chi connectivity index (χ3v) is 3.60. The molecule has 0 fully saturated rings. The van der Waals surface area contributed by atoms with Crippen molar-refractivity contribution in [3.63, 3.8) is 0 Å². The number of benzene rings is 1. The highest BCUT2D eigenvalue weighted by molar-refractivity contribution is 9.11. The first-order valence-electron chi connectivity index (χ1n) is 4.35. The van der Waals surface area contributed by atoms with E-state index in [0.29, 0.717) is 0 Å². The van der Waals surface area contributed by atoms with Crippen LogP contribution in [-0.2, 0) is 0 Å². The van der Waals surface area contributed by atoms with Gasteiger partial charge >= 0.3 is 0 Å². The second-order valence-electron chi connectivity index (χ2n) is 2.95. The molecule has 0 atom stereocenters. The molecule has 16 heavy (non-hydrogen) atoms. The van der Waals surface area contributed by atoms with E-state index in [9.17, 15) is 0 Å². The molecule has 1 N–H and O–H groups in total. The maximum Gasteiger partial charge on any atom is 0.134 e. The number of nitrogens with one attached hydrogen (secondary N) is 1. The molecular formula is C10H6Br3N3. The Morgan fingerprint density at radius 3 is 2.31 bits per heavy atom. The molecule has 2 aromatic rings. The predicted molar refractivity (Wildman–Crippen MR) is 74.9 cm³/mol. The smallest absolute Gasteiger partial charge is 0.134 e. The highest BCUT2D eigenvalue weighted by Crippen LogP contribution is 2.32. The van der Waals surface area contributed by atoms with E-state index >= 15 is 0 Å². The quantitative estimate of drug-likeness (QED) is 0.744. The van der Waals surface area contributed by atoms with Crippen molar-refractivity contribution in [2.24, 2.45) is 0 Å². The van der Waals surface area contributed by atoms with Crippen LogP contribution in [0.4, 0.5) is 11.5 Å². The van der Waals surface area contributed by atoms with Gasteiger partial charge in [-0.2, -0.15) is 0 Å². The van der Waals surface area contributed by atoms with Crippen LogP contribution in [0.25, 0.3) is 0 Å². The fourth-order valence-corrected chi connectivity index (χ4v) is 2.65. The number of halogens is 3. The summed E-state index contributed by atoms with van der Waals surface area (Å²) >= 11 is 10.2. The van der Waals surface area contributed by atoms with Crippen LogP contribution in [0.5, 0.6) is 0 Å². The summed E-state index contributed by atoms with van der Waals surface area (Å²) in [5.41, 5.74) is 0.938. The molecule has 0 saturated heterocycles. The molecule has 0 unspecified atom stereocenters. The third kappa shape index (κ3) is 2.81. The molecule has 0 amide bonds. The zero-order chi connectivity index (χ0) is 11.5. The monoisotopic (exact) mass is 405 g/mol. The highest BCUT2D eigenvalue weighted by Gasteiger charge is 2.05. The largest absolute Gasteiger partial charge is 0.338 e. The number of aromatic nitrogens is 2. The average Bonchev–Trinajstić information content (AvgIpc) is 2.24. The van der Waals surface area contributed by atoms with E-state index < -0.39 is 0 Å². The van der Waals surface area contributed by atoms with Gasteiger partial charge in [-0.1, -0.05) is 6.07 Å². The Bertz CT molecular complexity index is 496. The van der Waals surface area contributed by atoms with Crippen molar-refractivity contribution in [3.05, 3.63) is 44.1 Å². The number of hydrogen-bond acceptors (Lipinski definition) is 3. The van der Waals surface area contributed by atoms with Gasteiger partial charge in [-0.3, -0.25) is 0 Å². The van der Waals surface area contributed by atoms with Gasteiger partial charge < -0.3 is 5.32 Å². The lowest BCUT2D eigenvalue weighted by Crippen LogP contribution is -1.95. The van der Waals surface area contributed by atoms with E-state index in [-0.39, 0.29) is 0 Å². The zero-order valence-corrected chi connectivity index (χ0v) is 12.7. The molecule has 2 rings (SSSR count). The summed E-state index contributed by atoms with van der Waals surface area (Å²) in [5.74, 6) is 0.731. The third-order valence-electron chi connectivity index (χ3n) is 1.85. The van der Waals surface area contributed by atoms with Gasteiger partial charge in [-0.05, 0) is 59.9 Å². The maximum absolute atomic E-state index is 4.12. The molecule has 3 nitrogen and oxygen atoms in total. The lowest BCUT2D eigenvalue weighted by atomic mass is 10.3. The average molecular weight is 408 g/mol. The van der Waals surface area contributed by atoms with Crippen LogP contribution in [0.1, 0.15) is 0 Å². The molecule has 82 valence electrons. The molecule has 0 aliphatic carbocycles. The number of hydrogen-bond donors (Lipinski definition) is 1. The van der Waals surface area contributed by atoms with Crippen LogP contribution in [-0.4, -0.2) is 9.97 Å². The Balaban J connectivity index is 2.34. The molecule has 0 saturated carbocycles. The molecule has 0 radical (unpaired) electrons. The van der Waals surface area contributed by atoms with Crippen molar-refractivity contribution < 1.29 is 0 Å². The molecule has 1 aromatic carbocycles. The molecule has 0 aliphatic rings. The van der Waals surface area contributed by atoms with Crippen LogP contribution in [0.3, 0.4) is 0 Å². The summed E-state index contributed by atoms with van der Waals surface area (Å²) in [6.07, 6.45) is 1.50. The van der Waals surface area contributed by atoms with Crippen LogP contribution >= 0.6 is 47.8 Å². The van der Waals surface area contributed by atoms with E-state index in [1.54, 1.807) is 0 Å². The van der Waals surface area contributed by atoms with Gasteiger partial charge in [0.25, 0.3) is 0 Å². The fraction of sp³-hybridized carbons (Fsp3) is 0. The van der Waals surface area contributed by atoms with Crippen molar-refractivity contribution in [2.45, 2.75) is 0 Å². The standard InChI is InChI=1S/C10H6Br3N3/c11-6-2-1-3-7(12)10(6)16-9-4-8(13)14-5-15-9/h1-5H,(H,14,15,16). The van der Waals surface area contributed by atoms with Crippen LogP contribution in [0.2, 0.25) is 0 Å². The van der Waals surface area contributed by atoms with Gasteiger partial charge in [0.15, 0.2) is 0 Å². The minimum Gasteiger partial charge on any atom is -0.338 e. The molecular weight excluding hydrogens is 402 g/mol. The second-order valence-corrected chi connectivity index (χ2v) is 5.47. The summed E-state index contributed by atoms with van der Waals surface area (Å²) in [4.78, 5) is 8.09. The molecule has 1 heterocycles. The van der Waals surface area contributed by atoms with Crippen LogP contribution in [0.15, 0.2) is 44.1 Å². The molecule has 0 aliphatic heterocycles. The maximum atomic E-state index is 4.12. The summed E-state index contributed by atoms with van der Waals surface area (Å²) in [7, 11) is 0. The normalized spacial score (nSPS) is 10.2. The first-order chi connectivity index (χ1) is 7.66. The zero-order valence-electron chi connectivity index (χ0n) is 7.92. The van der Waals surface area contributed by atoms with Gasteiger partial charge in [0.1, 0.15) is 16.7 Å².